The van der Waals surface area contributed by atoms with E-state index in [1.54, 1.807) is 6.07 Å². The van der Waals surface area contributed by atoms with Gasteiger partial charge in [-0.3, -0.25) is 0 Å². The lowest BCUT2D eigenvalue weighted by Crippen LogP contribution is -2.27. The maximum atomic E-state index is 13.1. The molecule has 3 heteroatoms. The molecule has 0 spiro atoms. The highest BCUT2D eigenvalue weighted by Gasteiger charge is 2.22. The molecule has 0 aromatic heterocycles. The van der Waals surface area contributed by atoms with Gasteiger partial charge in [0, 0.05) is 6.04 Å². The third-order valence-electron chi connectivity index (χ3n) is 3.49. The lowest BCUT2D eigenvalue weighted by Gasteiger charge is -2.16. The van der Waals surface area contributed by atoms with Gasteiger partial charge in [0.25, 0.3) is 0 Å². The third-order valence-corrected chi connectivity index (χ3v) is 3.49. The zero-order valence-electron chi connectivity index (χ0n) is 10.2. The SMILES string of the molecule is CNC(CCC1CC1)Cc1ccc(F)c(F)c1. The first-order chi connectivity index (χ1) is 8.19. The van der Waals surface area contributed by atoms with Crippen LogP contribution in [0, 0.1) is 17.6 Å². The van der Waals surface area contributed by atoms with E-state index in [1.165, 1.54) is 31.4 Å². The molecule has 1 N–H and O–H groups in total. The summed E-state index contributed by atoms with van der Waals surface area (Å²) in [5, 5.41) is 3.25. The Labute approximate surface area is 101 Å². The van der Waals surface area contributed by atoms with Crippen molar-refractivity contribution in [2.75, 3.05) is 7.05 Å². The standard InChI is InChI=1S/C14H19F2N/c1-17-12(6-4-10-2-3-10)8-11-5-7-13(15)14(16)9-11/h5,7,9-10,12,17H,2-4,6,8H2,1H3. The fourth-order valence-electron chi connectivity index (χ4n) is 2.14. The van der Waals surface area contributed by atoms with Gasteiger partial charge in [-0.05, 0) is 49.9 Å². The largest absolute Gasteiger partial charge is 0.317 e. The van der Waals surface area contributed by atoms with Gasteiger partial charge in [-0.15, -0.1) is 0 Å². The minimum absolute atomic E-state index is 0.362. The molecule has 0 aliphatic heterocycles. The monoisotopic (exact) mass is 239 g/mol. The van der Waals surface area contributed by atoms with Crippen LogP contribution in [-0.4, -0.2) is 13.1 Å². The Hall–Kier alpha value is -0.960. The summed E-state index contributed by atoms with van der Waals surface area (Å²) in [5.41, 5.74) is 0.860. The Morgan fingerprint density at radius 3 is 2.65 bits per heavy atom. The van der Waals surface area contributed by atoms with Crippen molar-refractivity contribution in [2.24, 2.45) is 5.92 Å². The van der Waals surface area contributed by atoms with Crippen molar-refractivity contribution < 1.29 is 8.78 Å². The molecule has 0 saturated heterocycles. The van der Waals surface area contributed by atoms with Gasteiger partial charge in [-0.25, -0.2) is 8.78 Å². The van der Waals surface area contributed by atoms with Crippen LogP contribution in [0.5, 0.6) is 0 Å². The van der Waals surface area contributed by atoms with Crippen molar-refractivity contribution in [1.82, 2.24) is 5.32 Å². The molecule has 2 rings (SSSR count). The topological polar surface area (TPSA) is 12.0 Å². The lowest BCUT2D eigenvalue weighted by atomic mass is 10.0. The van der Waals surface area contributed by atoms with Crippen LogP contribution in [0.4, 0.5) is 8.78 Å². The molecule has 1 aromatic rings. The quantitative estimate of drug-likeness (QED) is 0.803. The molecule has 0 bridgehead atoms. The van der Waals surface area contributed by atoms with Gasteiger partial charge in [-0.1, -0.05) is 18.9 Å². The molecule has 1 unspecified atom stereocenters. The Morgan fingerprint density at radius 1 is 1.29 bits per heavy atom. The summed E-state index contributed by atoms with van der Waals surface area (Å²) in [4.78, 5) is 0. The predicted octanol–water partition coefficient (Wildman–Crippen LogP) is 3.29. The molecule has 1 atom stereocenters. The van der Waals surface area contributed by atoms with Crippen LogP contribution in [0.1, 0.15) is 31.2 Å². The average molecular weight is 239 g/mol. The Kier molecular flexibility index (Phi) is 4.11. The van der Waals surface area contributed by atoms with E-state index in [0.717, 1.165) is 24.3 Å². The molecular weight excluding hydrogens is 220 g/mol. The predicted molar refractivity (Wildman–Crippen MR) is 64.9 cm³/mol. The minimum atomic E-state index is -0.771. The smallest absolute Gasteiger partial charge is 0.159 e. The molecule has 0 amide bonds. The highest BCUT2D eigenvalue weighted by Crippen LogP contribution is 2.34. The van der Waals surface area contributed by atoms with E-state index in [2.05, 4.69) is 5.32 Å². The number of likely N-dealkylation sites (N-methyl/N-ethyl adjacent to an activating group) is 1. The van der Waals surface area contributed by atoms with Gasteiger partial charge >= 0.3 is 0 Å². The Morgan fingerprint density at radius 2 is 2.06 bits per heavy atom. The van der Waals surface area contributed by atoms with Gasteiger partial charge in [0.1, 0.15) is 0 Å². The normalized spacial score (nSPS) is 17.1. The summed E-state index contributed by atoms with van der Waals surface area (Å²) in [7, 11) is 1.93. The van der Waals surface area contributed by atoms with E-state index in [-0.39, 0.29) is 0 Å². The van der Waals surface area contributed by atoms with Crippen molar-refractivity contribution in [3.05, 3.63) is 35.4 Å². The number of benzene rings is 1. The molecule has 1 nitrogen and oxygen atoms in total. The fourth-order valence-corrected chi connectivity index (χ4v) is 2.14. The van der Waals surface area contributed by atoms with Crippen LogP contribution in [-0.2, 0) is 6.42 Å². The van der Waals surface area contributed by atoms with Crippen molar-refractivity contribution >= 4 is 0 Å². The molecule has 1 fully saturated rings. The van der Waals surface area contributed by atoms with Gasteiger partial charge in [0.2, 0.25) is 0 Å². The number of hydrogen-bond acceptors (Lipinski definition) is 1. The molecule has 94 valence electrons. The molecule has 0 heterocycles. The van der Waals surface area contributed by atoms with E-state index in [9.17, 15) is 8.78 Å². The minimum Gasteiger partial charge on any atom is -0.317 e. The van der Waals surface area contributed by atoms with E-state index in [0.29, 0.717) is 6.04 Å². The summed E-state index contributed by atoms with van der Waals surface area (Å²) >= 11 is 0. The van der Waals surface area contributed by atoms with Crippen LogP contribution in [0.3, 0.4) is 0 Å². The number of hydrogen-bond donors (Lipinski definition) is 1. The van der Waals surface area contributed by atoms with Gasteiger partial charge in [-0.2, -0.15) is 0 Å². The molecule has 1 aliphatic carbocycles. The molecule has 1 aliphatic rings. The van der Waals surface area contributed by atoms with E-state index < -0.39 is 11.6 Å². The van der Waals surface area contributed by atoms with Crippen LogP contribution in [0.25, 0.3) is 0 Å². The number of rotatable bonds is 6. The van der Waals surface area contributed by atoms with Gasteiger partial charge < -0.3 is 5.32 Å². The average Bonchev–Trinajstić information content (AvgIpc) is 3.13. The van der Waals surface area contributed by atoms with E-state index >= 15 is 0 Å². The second-order valence-electron chi connectivity index (χ2n) is 4.96. The van der Waals surface area contributed by atoms with Gasteiger partial charge in [0.15, 0.2) is 11.6 Å². The number of halogens is 2. The second kappa shape index (κ2) is 5.58. The molecule has 17 heavy (non-hydrogen) atoms. The molecule has 0 radical (unpaired) electrons. The Balaban J connectivity index is 1.89. The van der Waals surface area contributed by atoms with Crippen molar-refractivity contribution in [2.45, 2.75) is 38.1 Å². The summed E-state index contributed by atoms with van der Waals surface area (Å²) in [6.45, 7) is 0. The highest BCUT2D eigenvalue weighted by molar-refractivity contribution is 5.18. The zero-order chi connectivity index (χ0) is 12.3. The van der Waals surface area contributed by atoms with E-state index in [1.807, 2.05) is 7.05 Å². The first-order valence-corrected chi connectivity index (χ1v) is 6.30. The Bertz CT molecular complexity index is 374. The van der Waals surface area contributed by atoms with Crippen molar-refractivity contribution in [1.29, 1.82) is 0 Å². The summed E-state index contributed by atoms with van der Waals surface area (Å²) < 4.78 is 25.9. The maximum Gasteiger partial charge on any atom is 0.159 e. The summed E-state index contributed by atoms with van der Waals surface area (Å²) in [5.74, 6) is -0.608. The third kappa shape index (κ3) is 3.77. The van der Waals surface area contributed by atoms with E-state index in [4.69, 9.17) is 0 Å². The summed E-state index contributed by atoms with van der Waals surface area (Å²) in [6.07, 6.45) is 5.85. The molecular formula is C14H19F2N. The zero-order valence-corrected chi connectivity index (χ0v) is 10.2. The van der Waals surface area contributed by atoms with Crippen LogP contribution in [0.15, 0.2) is 18.2 Å². The molecule has 1 aromatic carbocycles. The van der Waals surface area contributed by atoms with Crippen LogP contribution < -0.4 is 5.32 Å². The highest BCUT2D eigenvalue weighted by atomic mass is 19.2. The van der Waals surface area contributed by atoms with Crippen molar-refractivity contribution in [3.63, 3.8) is 0 Å². The van der Waals surface area contributed by atoms with Gasteiger partial charge in [0.05, 0.1) is 0 Å². The summed E-state index contributed by atoms with van der Waals surface area (Å²) in [6, 6.07) is 4.54. The lowest BCUT2D eigenvalue weighted by molar-refractivity contribution is 0.478. The number of nitrogens with one attached hydrogen (secondary N) is 1. The fraction of sp³-hybridized carbons (Fsp3) is 0.571. The van der Waals surface area contributed by atoms with Crippen molar-refractivity contribution in [3.8, 4) is 0 Å². The van der Waals surface area contributed by atoms with Crippen LogP contribution in [0.2, 0.25) is 0 Å². The first-order valence-electron chi connectivity index (χ1n) is 6.30. The van der Waals surface area contributed by atoms with Crippen LogP contribution >= 0.6 is 0 Å². The maximum absolute atomic E-state index is 13.1. The first kappa shape index (κ1) is 12.5. The second-order valence-corrected chi connectivity index (χ2v) is 4.96. The molecule has 1 saturated carbocycles.